The van der Waals surface area contributed by atoms with Crippen LogP contribution < -0.4 is 0 Å². The van der Waals surface area contributed by atoms with E-state index in [4.69, 9.17) is 0 Å². The molecule has 0 aromatic carbocycles. The third-order valence-electron chi connectivity index (χ3n) is 3.90. The fourth-order valence-corrected chi connectivity index (χ4v) is 4.09. The van der Waals surface area contributed by atoms with E-state index < -0.39 is 0 Å². The summed E-state index contributed by atoms with van der Waals surface area (Å²) in [5.74, 6) is 1.43. The highest BCUT2D eigenvalue weighted by Gasteiger charge is 2.10. The van der Waals surface area contributed by atoms with E-state index in [0.717, 1.165) is 5.25 Å². The Morgan fingerprint density at radius 1 is 0.824 bits per heavy atom. The Morgan fingerprint density at radius 3 is 2.35 bits per heavy atom. The van der Waals surface area contributed by atoms with Gasteiger partial charge in [-0.2, -0.15) is 11.8 Å². The molecule has 1 aliphatic heterocycles. The van der Waals surface area contributed by atoms with Gasteiger partial charge in [0.1, 0.15) is 0 Å². The Kier molecular flexibility index (Phi) is 10.4. The number of hydrogen-bond acceptors (Lipinski definition) is 1. The molecule has 1 rings (SSSR count). The summed E-state index contributed by atoms with van der Waals surface area (Å²) in [6, 6.07) is 0. The lowest BCUT2D eigenvalue weighted by Gasteiger charge is -2.19. The molecule has 0 bridgehead atoms. The van der Waals surface area contributed by atoms with Crippen molar-refractivity contribution in [3.8, 4) is 0 Å². The molecule has 1 aliphatic rings. The van der Waals surface area contributed by atoms with Gasteiger partial charge in [0.15, 0.2) is 0 Å². The fraction of sp³-hybridized carbons (Fsp3) is 1.00. The number of hydrogen-bond donors (Lipinski definition) is 0. The van der Waals surface area contributed by atoms with Crippen molar-refractivity contribution in [1.82, 2.24) is 0 Å². The van der Waals surface area contributed by atoms with E-state index in [1.54, 1.807) is 0 Å². The summed E-state index contributed by atoms with van der Waals surface area (Å²) in [6.07, 6.45) is 19.2. The van der Waals surface area contributed by atoms with E-state index in [9.17, 15) is 0 Å². The molecule has 1 atom stereocenters. The van der Waals surface area contributed by atoms with Crippen LogP contribution in [0.15, 0.2) is 0 Å². The van der Waals surface area contributed by atoms with Crippen LogP contribution in [0, 0.1) is 0 Å². The average molecular weight is 256 g/mol. The minimum atomic E-state index is 1.01. The molecule has 102 valence electrons. The first kappa shape index (κ1) is 15.4. The van der Waals surface area contributed by atoms with Gasteiger partial charge in [0.2, 0.25) is 0 Å². The lowest BCUT2D eigenvalue weighted by atomic mass is 10.0. The van der Waals surface area contributed by atoms with Gasteiger partial charge in [0, 0.05) is 5.25 Å². The molecule has 0 spiro atoms. The second-order valence-corrected chi connectivity index (χ2v) is 7.01. The largest absolute Gasteiger partial charge is 0.159 e. The minimum absolute atomic E-state index is 1.01. The first-order valence-electron chi connectivity index (χ1n) is 8.05. The molecule has 1 unspecified atom stereocenters. The van der Waals surface area contributed by atoms with Gasteiger partial charge in [-0.1, -0.05) is 71.1 Å². The molecule has 0 amide bonds. The third kappa shape index (κ3) is 8.99. The monoisotopic (exact) mass is 256 g/mol. The van der Waals surface area contributed by atoms with E-state index in [2.05, 4.69) is 18.7 Å². The molecule has 0 saturated carbocycles. The van der Waals surface area contributed by atoms with Crippen LogP contribution >= 0.6 is 11.8 Å². The highest BCUT2D eigenvalue weighted by molar-refractivity contribution is 7.99. The van der Waals surface area contributed by atoms with Crippen LogP contribution in [0.25, 0.3) is 0 Å². The lowest BCUT2D eigenvalue weighted by molar-refractivity contribution is 0.540. The van der Waals surface area contributed by atoms with Gasteiger partial charge in [-0.25, -0.2) is 0 Å². The van der Waals surface area contributed by atoms with E-state index in [1.807, 2.05) is 0 Å². The first-order valence-corrected chi connectivity index (χ1v) is 9.10. The molecule has 0 N–H and O–H groups in total. The van der Waals surface area contributed by atoms with Gasteiger partial charge in [-0.05, 0) is 25.0 Å². The summed E-state index contributed by atoms with van der Waals surface area (Å²) >= 11 is 2.27. The minimum Gasteiger partial charge on any atom is -0.159 e. The van der Waals surface area contributed by atoms with E-state index in [1.165, 1.54) is 89.2 Å². The highest BCUT2D eigenvalue weighted by Crippen LogP contribution is 2.27. The van der Waals surface area contributed by atoms with Gasteiger partial charge in [-0.3, -0.25) is 0 Å². The normalized spacial score (nSPS) is 22.1. The Morgan fingerprint density at radius 2 is 1.53 bits per heavy atom. The third-order valence-corrected chi connectivity index (χ3v) is 5.37. The Hall–Kier alpha value is 0.350. The van der Waals surface area contributed by atoms with Gasteiger partial charge < -0.3 is 0 Å². The van der Waals surface area contributed by atoms with E-state index in [-0.39, 0.29) is 0 Å². The Bertz CT molecular complexity index is 148. The molecule has 1 saturated heterocycles. The Balaban J connectivity index is 1.90. The molecule has 0 aromatic rings. The van der Waals surface area contributed by atoms with E-state index >= 15 is 0 Å². The molecule has 17 heavy (non-hydrogen) atoms. The zero-order valence-corrected chi connectivity index (χ0v) is 12.7. The molecule has 0 aromatic heterocycles. The zero-order valence-electron chi connectivity index (χ0n) is 11.9. The number of rotatable bonds is 8. The lowest BCUT2D eigenvalue weighted by Crippen LogP contribution is -2.06. The van der Waals surface area contributed by atoms with Crippen molar-refractivity contribution < 1.29 is 0 Å². The topological polar surface area (TPSA) is 0 Å². The van der Waals surface area contributed by atoms with Crippen molar-refractivity contribution in [1.29, 1.82) is 0 Å². The van der Waals surface area contributed by atoms with E-state index in [0.29, 0.717) is 0 Å². The second-order valence-electron chi connectivity index (χ2n) is 5.61. The maximum absolute atomic E-state index is 2.30. The average Bonchev–Trinajstić information content (AvgIpc) is 2.30. The van der Waals surface area contributed by atoms with Crippen LogP contribution in [0.2, 0.25) is 0 Å². The summed E-state index contributed by atoms with van der Waals surface area (Å²) in [5.41, 5.74) is 0. The molecular weight excluding hydrogens is 224 g/mol. The molecule has 0 aliphatic carbocycles. The first-order chi connectivity index (χ1) is 8.43. The van der Waals surface area contributed by atoms with Crippen molar-refractivity contribution in [2.75, 3.05) is 5.75 Å². The predicted molar refractivity (Wildman–Crippen MR) is 81.9 cm³/mol. The SMILES string of the molecule is CCCCCCCCCC1CCCCCCS1. The van der Waals surface area contributed by atoms with Crippen molar-refractivity contribution in [2.24, 2.45) is 0 Å². The van der Waals surface area contributed by atoms with Crippen LogP contribution in [0.3, 0.4) is 0 Å². The molecule has 1 fully saturated rings. The van der Waals surface area contributed by atoms with Crippen LogP contribution in [0.1, 0.15) is 90.4 Å². The maximum Gasteiger partial charge on any atom is 0.00470 e. The maximum atomic E-state index is 2.30. The molecule has 1 heteroatoms. The fourth-order valence-electron chi connectivity index (χ4n) is 2.72. The smallest absolute Gasteiger partial charge is 0.00470 e. The zero-order chi connectivity index (χ0) is 12.2. The number of unbranched alkanes of at least 4 members (excludes halogenated alkanes) is 6. The van der Waals surface area contributed by atoms with Crippen molar-refractivity contribution >= 4 is 11.8 Å². The van der Waals surface area contributed by atoms with Gasteiger partial charge in [0.05, 0.1) is 0 Å². The van der Waals surface area contributed by atoms with Gasteiger partial charge in [0.25, 0.3) is 0 Å². The number of thioether (sulfide) groups is 1. The summed E-state index contributed by atoms with van der Waals surface area (Å²) in [4.78, 5) is 0. The summed E-state index contributed by atoms with van der Waals surface area (Å²) in [7, 11) is 0. The highest BCUT2D eigenvalue weighted by atomic mass is 32.2. The molecule has 0 nitrogen and oxygen atoms in total. The van der Waals surface area contributed by atoms with Gasteiger partial charge in [-0.15, -0.1) is 0 Å². The second kappa shape index (κ2) is 11.4. The van der Waals surface area contributed by atoms with Crippen molar-refractivity contribution in [2.45, 2.75) is 95.6 Å². The van der Waals surface area contributed by atoms with Crippen molar-refractivity contribution in [3.05, 3.63) is 0 Å². The van der Waals surface area contributed by atoms with Crippen LogP contribution in [0.5, 0.6) is 0 Å². The van der Waals surface area contributed by atoms with Crippen LogP contribution in [-0.2, 0) is 0 Å². The summed E-state index contributed by atoms with van der Waals surface area (Å²) in [5, 5.41) is 1.01. The van der Waals surface area contributed by atoms with Crippen LogP contribution in [-0.4, -0.2) is 11.0 Å². The summed E-state index contributed by atoms with van der Waals surface area (Å²) in [6.45, 7) is 2.30. The molecule has 0 radical (unpaired) electrons. The summed E-state index contributed by atoms with van der Waals surface area (Å²) < 4.78 is 0. The standard InChI is InChI=1S/C16H32S/c1-2-3-4-5-6-7-10-13-16-14-11-8-9-12-15-17-16/h16H,2-15H2,1H3. The quantitative estimate of drug-likeness (QED) is 0.466. The van der Waals surface area contributed by atoms with Gasteiger partial charge >= 0.3 is 0 Å². The molecule has 1 heterocycles. The van der Waals surface area contributed by atoms with Crippen molar-refractivity contribution in [3.63, 3.8) is 0 Å². The van der Waals surface area contributed by atoms with Crippen LogP contribution in [0.4, 0.5) is 0 Å². The Labute approximate surface area is 113 Å². The predicted octanol–water partition coefficient (Wildman–Crippen LogP) is 6.19. The molecular formula is C16H32S.